The minimum absolute atomic E-state index is 0.0431. The smallest absolute Gasteiger partial charge is 0.335 e. The minimum Gasteiger partial charge on any atom is -0.478 e. The number of allylic oxidation sites excluding steroid dienone is 3. The predicted molar refractivity (Wildman–Crippen MR) is 195 cm³/mol. The number of carboxylic acids is 1. The number of carbonyl (C=O) groups is 3. The third-order valence-corrected chi connectivity index (χ3v) is 16.0. The van der Waals surface area contributed by atoms with Gasteiger partial charge in [-0.3, -0.25) is 14.9 Å². The van der Waals surface area contributed by atoms with Crippen molar-refractivity contribution in [2.75, 3.05) is 5.32 Å². The summed E-state index contributed by atoms with van der Waals surface area (Å²) in [6.45, 7) is 19.2. The molecule has 5 aliphatic carbocycles. The van der Waals surface area contributed by atoms with Crippen molar-refractivity contribution >= 4 is 39.8 Å². The van der Waals surface area contributed by atoms with Crippen molar-refractivity contribution in [2.24, 2.45) is 51.2 Å². The van der Waals surface area contributed by atoms with Gasteiger partial charge in [-0.25, -0.2) is 9.78 Å². The number of thiazole rings is 1. The first kappa shape index (κ1) is 34.2. The molecule has 3 N–H and O–H groups in total. The van der Waals surface area contributed by atoms with Gasteiger partial charge >= 0.3 is 17.8 Å². The molecule has 0 bridgehead atoms. The quantitative estimate of drug-likeness (QED) is 0.215. The van der Waals surface area contributed by atoms with Gasteiger partial charge in [0.1, 0.15) is 0 Å². The fourth-order valence-corrected chi connectivity index (χ4v) is 13.5. The number of anilines is 1. The molecule has 8 heteroatoms. The number of aromatic nitrogens is 1. The average molecular weight is 684 g/mol. The van der Waals surface area contributed by atoms with E-state index in [9.17, 15) is 19.5 Å². The van der Waals surface area contributed by atoms with Crippen LogP contribution in [0.4, 0.5) is 5.13 Å². The van der Waals surface area contributed by atoms with Gasteiger partial charge in [0.25, 0.3) is 0 Å². The lowest BCUT2D eigenvalue weighted by Crippen LogP contribution is -2.68. The Hall–Kier alpha value is -3.26. The highest BCUT2D eigenvalue weighted by Crippen LogP contribution is 2.76. The molecule has 0 aliphatic heterocycles. The molecule has 1 heterocycles. The molecule has 7 rings (SSSR count). The van der Waals surface area contributed by atoms with E-state index in [1.165, 1.54) is 35.3 Å². The lowest BCUT2D eigenvalue weighted by Gasteiger charge is -2.72. The fraction of sp³-hybridized carbons (Fsp3) is 0.610. The van der Waals surface area contributed by atoms with Crippen molar-refractivity contribution in [1.82, 2.24) is 10.3 Å². The number of rotatable bonds is 5. The van der Waals surface area contributed by atoms with Crippen LogP contribution in [0.15, 0.2) is 54.1 Å². The summed E-state index contributed by atoms with van der Waals surface area (Å²) in [5.74, 6) is 0.0269. The van der Waals surface area contributed by atoms with Gasteiger partial charge in [-0.15, -0.1) is 11.3 Å². The molecule has 4 fully saturated rings. The van der Waals surface area contributed by atoms with Crippen LogP contribution in [0.5, 0.6) is 0 Å². The van der Waals surface area contributed by atoms with Crippen LogP contribution in [0.25, 0.3) is 5.57 Å². The Morgan fingerprint density at radius 1 is 0.898 bits per heavy atom. The van der Waals surface area contributed by atoms with Crippen molar-refractivity contribution < 1.29 is 19.5 Å². The van der Waals surface area contributed by atoms with E-state index in [-0.39, 0.29) is 27.6 Å². The summed E-state index contributed by atoms with van der Waals surface area (Å²) < 4.78 is 0. The maximum atomic E-state index is 13.5. The normalized spacial score (nSPS) is 38.9. The van der Waals surface area contributed by atoms with Crippen LogP contribution in [0, 0.1) is 51.2 Å². The zero-order valence-corrected chi connectivity index (χ0v) is 30.8. The Labute approximate surface area is 295 Å². The van der Waals surface area contributed by atoms with Gasteiger partial charge in [0.2, 0.25) is 0 Å². The fourth-order valence-electron chi connectivity index (χ4n) is 13.0. The Balaban J connectivity index is 1.19. The lowest BCUT2D eigenvalue weighted by molar-refractivity contribution is -0.219. The van der Waals surface area contributed by atoms with Crippen molar-refractivity contribution in [3.63, 3.8) is 0 Å². The van der Waals surface area contributed by atoms with Crippen molar-refractivity contribution in [3.05, 3.63) is 65.2 Å². The first-order valence-corrected chi connectivity index (χ1v) is 19.2. The zero-order valence-electron chi connectivity index (χ0n) is 30.0. The summed E-state index contributed by atoms with van der Waals surface area (Å²) in [4.78, 5) is 42.2. The number of amides is 2. The maximum absolute atomic E-state index is 13.5. The van der Waals surface area contributed by atoms with Crippen LogP contribution in [-0.4, -0.2) is 33.4 Å². The van der Waals surface area contributed by atoms with Gasteiger partial charge in [-0.2, -0.15) is 0 Å². The first-order chi connectivity index (χ1) is 23.1. The standard InChI is InChI=1S/C41H53N3O4S/c1-24(2)27-14-19-41(44-34(46)33(45)43-36-42-22-23-49-36)21-20-39(6)29(32(27)41)12-13-31-38(5)17-15-28(25-8-10-26(11-9-25)35(47)48)37(3,4)30(38)16-18-40(31,39)7/h8-11,15,22-23,27,29-32H,1,12-14,16-21H2,2-7H3,(H,44,46)(H,47,48)(H,42,43,45). The molecule has 1 aromatic heterocycles. The van der Waals surface area contributed by atoms with E-state index in [1.807, 2.05) is 12.1 Å². The van der Waals surface area contributed by atoms with Crippen molar-refractivity contribution in [3.8, 4) is 0 Å². The molecule has 7 nitrogen and oxygen atoms in total. The molecule has 9 atom stereocenters. The Morgan fingerprint density at radius 3 is 2.29 bits per heavy atom. The molecule has 2 aromatic rings. The van der Waals surface area contributed by atoms with Crippen LogP contribution in [-0.2, 0) is 9.59 Å². The van der Waals surface area contributed by atoms with E-state index >= 15 is 0 Å². The number of hydrogen-bond donors (Lipinski definition) is 3. The monoisotopic (exact) mass is 683 g/mol. The summed E-state index contributed by atoms with van der Waals surface area (Å²) in [6, 6.07) is 7.47. The predicted octanol–water partition coefficient (Wildman–Crippen LogP) is 9.00. The van der Waals surface area contributed by atoms with Crippen molar-refractivity contribution in [2.45, 2.75) is 105 Å². The van der Waals surface area contributed by atoms with E-state index in [0.717, 1.165) is 50.5 Å². The summed E-state index contributed by atoms with van der Waals surface area (Å²) >= 11 is 1.31. The molecule has 1 aromatic carbocycles. The van der Waals surface area contributed by atoms with Gasteiger partial charge in [0.05, 0.1) is 5.56 Å². The van der Waals surface area contributed by atoms with Gasteiger partial charge in [-0.1, -0.05) is 65.0 Å². The summed E-state index contributed by atoms with van der Waals surface area (Å²) in [5, 5.41) is 17.8. The van der Waals surface area contributed by atoms with Crippen molar-refractivity contribution in [1.29, 1.82) is 0 Å². The summed E-state index contributed by atoms with van der Waals surface area (Å²) in [5.41, 5.74) is 3.96. The third kappa shape index (κ3) is 5.01. The molecular weight excluding hydrogens is 631 g/mol. The minimum atomic E-state index is -0.890. The lowest BCUT2D eigenvalue weighted by atomic mass is 9.33. The van der Waals surface area contributed by atoms with E-state index < -0.39 is 23.3 Å². The Bertz CT molecular complexity index is 1710. The second kappa shape index (κ2) is 11.6. The number of benzene rings is 1. The van der Waals surface area contributed by atoms with Crippen LogP contribution in [0.3, 0.4) is 0 Å². The van der Waals surface area contributed by atoms with E-state index in [1.54, 1.807) is 23.7 Å². The van der Waals surface area contributed by atoms with Gasteiger partial charge < -0.3 is 10.4 Å². The maximum Gasteiger partial charge on any atom is 0.335 e. The number of aromatic carboxylic acids is 1. The number of carboxylic acid groups (broad SMARTS) is 1. The molecule has 9 unspecified atom stereocenters. The Morgan fingerprint density at radius 2 is 1.63 bits per heavy atom. The number of nitrogens with one attached hydrogen (secondary N) is 2. The van der Waals surface area contributed by atoms with E-state index in [2.05, 4.69) is 69.8 Å². The van der Waals surface area contributed by atoms with Crippen LogP contribution < -0.4 is 10.6 Å². The van der Waals surface area contributed by atoms with Gasteiger partial charge in [-0.05, 0) is 139 Å². The zero-order chi connectivity index (χ0) is 35.1. The van der Waals surface area contributed by atoms with E-state index in [0.29, 0.717) is 34.4 Å². The molecule has 4 saturated carbocycles. The second-order valence-electron chi connectivity index (χ2n) is 17.5. The highest BCUT2D eigenvalue weighted by atomic mass is 32.1. The van der Waals surface area contributed by atoms with Crippen LogP contribution in [0.1, 0.15) is 115 Å². The Kier molecular flexibility index (Phi) is 8.13. The molecule has 49 heavy (non-hydrogen) atoms. The number of nitrogens with zero attached hydrogens (tertiary/aromatic N) is 1. The molecule has 2 amide bonds. The summed E-state index contributed by atoms with van der Waals surface area (Å²) in [7, 11) is 0. The second-order valence-corrected chi connectivity index (χ2v) is 18.4. The van der Waals surface area contributed by atoms with Crippen LogP contribution in [0.2, 0.25) is 0 Å². The first-order valence-electron chi connectivity index (χ1n) is 18.3. The average Bonchev–Trinajstić information content (AvgIpc) is 3.69. The molecule has 0 radical (unpaired) electrons. The molecule has 262 valence electrons. The summed E-state index contributed by atoms with van der Waals surface area (Å²) in [6.07, 6.45) is 13.6. The van der Waals surface area contributed by atoms with Gasteiger partial charge in [0, 0.05) is 17.1 Å². The molecule has 5 aliphatic rings. The number of carbonyl (C=O) groups excluding carboxylic acids is 2. The number of fused-ring (bicyclic) bond motifs is 7. The molecule has 0 spiro atoms. The third-order valence-electron chi connectivity index (χ3n) is 15.3. The number of hydrogen-bond acceptors (Lipinski definition) is 5. The van der Waals surface area contributed by atoms with Crippen LogP contribution >= 0.6 is 11.3 Å². The largest absolute Gasteiger partial charge is 0.478 e. The highest BCUT2D eigenvalue weighted by molar-refractivity contribution is 7.13. The van der Waals surface area contributed by atoms with E-state index in [4.69, 9.17) is 0 Å². The molecule has 0 saturated heterocycles. The topological polar surface area (TPSA) is 108 Å². The SMILES string of the molecule is C=C(C)C1CCC2(NC(=O)C(=O)Nc3nccs3)CCC3(C)C(CCC4C5(C)CC=C(c6ccc(C(=O)O)cc6)C(C)(C)C5CCC43C)C12. The van der Waals surface area contributed by atoms with Gasteiger partial charge in [0.15, 0.2) is 5.13 Å². The highest BCUT2D eigenvalue weighted by Gasteiger charge is 2.70. The molecular formula is C41H53N3O4S.